The van der Waals surface area contributed by atoms with Gasteiger partial charge in [-0.2, -0.15) is 0 Å². The minimum absolute atomic E-state index is 0.0592. The van der Waals surface area contributed by atoms with Crippen LogP contribution >= 0.6 is 0 Å². The molecule has 0 bridgehead atoms. The maximum Gasteiger partial charge on any atom is 0.317 e. The van der Waals surface area contributed by atoms with Gasteiger partial charge in [-0.1, -0.05) is 6.92 Å². The molecule has 1 aromatic heterocycles. The van der Waals surface area contributed by atoms with Gasteiger partial charge in [0.2, 0.25) is 0 Å². The Hall–Kier alpha value is -1.50. The number of carbonyl (C=O) groups is 1. The van der Waals surface area contributed by atoms with E-state index in [1.807, 2.05) is 4.90 Å². The van der Waals surface area contributed by atoms with Crippen LogP contribution < -0.4 is 0 Å². The third-order valence-electron chi connectivity index (χ3n) is 2.79. The summed E-state index contributed by atoms with van der Waals surface area (Å²) < 4.78 is 1.75. The highest BCUT2D eigenvalue weighted by Crippen LogP contribution is 2.27. The fraction of sp³-hybridized carbons (Fsp3) is 0.800. The van der Waals surface area contributed by atoms with Crippen LogP contribution in [0, 0.1) is 0 Å². The predicted octanol–water partition coefficient (Wildman–Crippen LogP) is 0.132. The Morgan fingerprint density at radius 1 is 1.59 bits per heavy atom. The number of tetrazole rings is 1. The average molecular weight is 239 g/mol. The minimum Gasteiger partial charge on any atom is -0.480 e. The van der Waals surface area contributed by atoms with Crippen LogP contribution in [0.1, 0.15) is 32.0 Å². The van der Waals surface area contributed by atoms with Gasteiger partial charge in [-0.15, -0.1) is 5.10 Å². The highest BCUT2D eigenvalue weighted by molar-refractivity contribution is 5.69. The highest BCUT2D eigenvalue weighted by Gasteiger charge is 2.31. The molecule has 1 N–H and O–H groups in total. The normalized spacial score (nSPS) is 15.4. The van der Waals surface area contributed by atoms with Crippen molar-refractivity contribution in [1.82, 2.24) is 25.1 Å². The van der Waals surface area contributed by atoms with Crippen molar-refractivity contribution in [2.24, 2.45) is 0 Å². The number of aromatic nitrogens is 4. The maximum absolute atomic E-state index is 10.8. The zero-order chi connectivity index (χ0) is 12.3. The number of rotatable bonds is 7. The number of aliphatic carboxylic acids is 1. The first-order valence-electron chi connectivity index (χ1n) is 5.91. The van der Waals surface area contributed by atoms with E-state index in [-0.39, 0.29) is 6.54 Å². The summed E-state index contributed by atoms with van der Waals surface area (Å²) in [6, 6.07) is 0.387. The standard InChI is InChI=1S/C10H17N5O2/c1-2-5-15-9(11-12-13-15)6-14(7-10(16)17)8-3-4-8/h8H,2-7H2,1H3,(H,16,17). The van der Waals surface area contributed by atoms with Crippen molar-refractivity contribution in [2.75, 3.05) is 6.54 Å². The molecule has 0 spiro atoms. The third kappa shape index (κ3) is 3.23. The second kappa shape index (κ2) is 5.22. The fourth-order valence-electron chi connectivity index (χ4n) is 1.83. The van der Waals surface area contributed by atoms with Crippen molar-refractivity contribution in [1.29, 1.82) is 0 Å². The van der Waals surface area contributed by atoms with Crippen LogP contribution in [-0.2, 0) is 17.9 Å². The molecule has 0 aromatic carbocycles. The summed E-state index contributed by atoms with van der Waals surface area (Å²) in [4.78, 5) is 12.7. The molecular weight excluding hydrogens is 222 g/mol. The summed E-state index contributed by atoms with van der Waals surface area (Å²) in [5.41, 5.74) is 0. The number of aryl methyl sites for hydroxylation is 1. The van der Waals surface area contributed by atoms with Crippen LogP contribution in [0.2, 0.25) is 0 Å². The Bertz CT molecular complexity index is 388. The van der Waals surface area contributed by atoms with Crippen LogP contribution in [0.25, 0.3) is 0 Å². The number of hydrogen-bond donors (Lipinski definition) is 1. The second-order valence-corrected chi connectivity index (χ2v) is 4.35. The Balaban J connectivity index is 2.00. The van der Waals surface area contributed by atoms with Crippen LogP contribution in [-0.4, -0.2) is 48.8 Å². The topological polar surface area (TPSA) is 84.1 Å². The monoisotopic (exact) mass is 239 g/mol. The van der Waals surface area contributed by atoms with E-state index in [0.29, 0.717) is 12.6 Å². The molecule has 2 rings (SSSR count). The van der Waals surface area contributed by atoms with Gasteiger partial charge in [0, 0.05) is 12.6 Å². The first kappa shape index (κ1) is 12.0. The summed E-state index contributed by atoms with van der Waals surface area (Å²) in [6.45, 7) is 3.41. The Kier molecular flexibility index (Phi) is 3.68. The van der Waals surface area contributed by atoms with Crippen molar-refractivity contribution in [2.45, 2.75) is 45.3 Å². The lowest BCUT2D eigenvalue weighted by Gasteiger charge is -2.18. The Morgan fingerprint density at radius 3 is 2.94 bits per heavy atom. The number of carboxylic acid groups (broad SMARTS) is 1. The molecule has 0 atom stereocenters. The summed E-state index contributed by atoms with van der Waals surface area (Å²) in [5.74, 6) is -0.0496. The van der Waals surface area contributed by atoms with Gasteiger partial charge in [0.05, 0.1) is 13.1 Å². The van der Waals surface area contributed by atoms with Gasteiger partial charge >= 0.3 is 5.97 Å². The van der Waals surface area contributed by atoms with E-state index in [2.05, 4.69) is 22.4 Å². The van der Waals surface area contributed by atoms with Crippen LogP contribution in [0.5, 0.6) is 0 Å². The van der Waals surface area contributed by atoms with Crippen molar-refractivity contribution >= 4 is 5.97 Å². The summed E-state index contributed by atoms with van der Waals surface area (Å²) >= 11 is 0. The molecule has 1 aliphatic rings. The van der Waals surface area contributed by atoms with Gasteiger partial charge in [-0.3, -0.25) is 9.69 Å². The number of nitrogens with zero attached hydrogens (tertiary/aromatic N) is 5. The van der Waals surface area contributed by atoms with Gasteiger partial charge in [-0.05, 0) is 29.7 Å². The molecule has 1 fully saturated rings. The lowest BCUT2D eigenvalue weighted by molar-refractivity contribution is -0.138. The molecule has 0 unspecified atom stereocenters. The van der Waals surface area contributed by atoms with Crippen LogP contribution in [0.3, 0.4) is 0 Å². The van der Waals surface area contributed by atoms with Gasteiger partial charge in [0.25, 0.3) is 0 Å². The van der Waals surface area contributed by atoms with E-state index in [1.54, 1.807) is 4.68 Å². The van der Waals surface area contributed by atoms with Crippen molar-refractivity contribution < 1.29 is 9.90 Å². The molecular formula is C10H17N5O2. The highest BCUT2D eigenvalue weighted by atomic mass is 16.4. The maximum atomic E-state index is 10.8. The van der Waals surface area contributed by atoms with E-state index in [0.717, 1.165) is 31.6 Å². The first-order chi connectivity index (χ1) is 8.20. The molecule has 17 heavy (non-hydrogen) atoms. The van der Waals surface area contributed by atoms with Crippen molar-refractivity contribution in [3.63, 3.8) is 0 Å². The van der Waals surface area contributed by atoms with Gasteiger partial charge in [0.1, 0.15) is 0 Å². The molecule has 7 heteroatoms. The summed E-state index contributed by atoms with van der Waals surface area (Å²) in [5, 5.41) is 20.4. The lowest BCUT2D eigenvalue weighted by Crippen LogP contribution is -2.32. The van der Waals surface area contributed by atoms with Gasteiger partial charge < -0.3 is 5.11 Å². The van der Waals surface area contributed by atoms with E-state index < -0.39 is 5.97 Å². The number of carboxylic acids is 1. The third-order valence-corrected chi connectivity index (χ3v) is 2.79. The van der Waals surface area contributed by atoms with Crippen LogP contribution in [0.15, 0.2) is 0 Å². The molecule has 1 heterocycles. The first-order valence-corrected chi connectivity index (χ1v) is 5.91. The fourth-order valence-corrected chi connectivity index (χ4v) is 1.83. The van der Waals surface area contributed by atoms with Gasteiger partial charge in [0.15, 0.2) is 5.82 Å². The smallest absolute Gasteiger partial charge is 0.317 e. The molecule has 0 saturated heterocycles. The molecule has 0 radical (unpaired) electrons. The number of hydrogen-bond acceptors (Lipinski definition) is 5. The van der Waals surface area contributed by atoms with E-state index >= 15 is 0 Å². The largest absolute Gasteiger partial charge is 0.480 e. The molecule has 1 aromatic rings. The predicted molar refractivity (Wildman–Crippen MR) is 59.2 cm³/mol. The summed E-state index contributed by atoms with van der Waals surface area (Å²) in [7, 11) is 0. The quantitative estimate of drug-likeness (QED) is 0.728. The zero-order valence-electron chi connectivity index (χ0n) is 9.91. The van der Waals surface area contributed by atoms with E-state index in [1.165, 1.54) is 0 Å². The van der Waals surface area contributed by atoms with E-state index in [9.17, 15) is 4.79 Å². The molecule has 0 aliphatic heterocycles. The second-order valence-electron chi connectivity index (χ2n) is 4.35. The molecule has 0 amide bonds. The van der Waals surface area contributed by atoms with Crippen LogP contribution in [0.4, 0.5) is 0 Å². The SMILES string of the molecule is CCCn1nnnc1CN(CC(=O)O)C1CC1. The Morgan fingerprint density at radius 2 is 2.35 bits per heavy atom. The molecule has 1 saturated carbocycles. The minimum atomic E-state index is -0.800. The molecule has 1 aliphatic carbocycles. The molecule has 7 nitrogen and oxygen atoms in total. The lowest BCUT2D eigenvalue weighted by atomic mass is 10.4. The average Bonchev–Trinajstić information content (AvgIpc) is 3.02. The van der Waals surface area contributed by atoms with Crippen molar-refractivity contribution in [3.05, 3.63) is 5.82 Å². The van der Waals surface area contributed by atoms with E-state index in [4.69, 9.17) is 5.11 Å². The zero-order valence-corrected chi connectivity index (χ0v) is 9.91. The van der Waals surface area contributed by atoms with Crippen molar-refractivity contribution in [3.8, 4) is 0 Å². The Labute approximate surface area is 99.4 Å². The molecule has 94 valence electrons. The summed E-state index contributed by atoms with van der Waals surface area (Å²) in [6.07, 6.45) is 3.10. The van der Waals surface area contributed by atoms with Gasteiger partial charge in [-0.25, -0.2) is 4.68 Å².